The normalized spacial score (nSPS) is 22.4. The summed E-state index contributed by atoms with van der Waals surface area (Å²) in [7, 11) is 1.65. The second-order valence-corrected chi connectivity index (χ2v) is 7.38. The lowest BCUT2D eigenvalue weighted by Crippen LogP contribution is -2.44. The predicted octanol–water partition coefficient (Wildman–Crippen LogP) is 3.04. The molecule has 1 saturated carbocycles. The first-order valence-corrected chi connectivity index (χ1v) is 8.52. The molecule has 0 aliphatic heterocycles. The molecule has 2 unspecified atom stereocenters. The average Bonchev–Trinajstić information content (AvgIpc) is 2.40. The van der Waals surface area contributed by atoms with Crippen molar-refractivity contribution in [3.8, 4) is 0 Å². The van der Waals surface area contributed by atoms with Crippen LogP contribution in [0.3, 0.4) is 0 Å². The molecule has 5 heteroatoms. The zero-order valence-electron chi connectivity index (χ0n) is 15.0. The maximum absolute atomic E-state index is 12.2. The van der Waals surface area contributed by atoms with Gasteiger partial charge in [-0.2, -0.15) is 0 Å². The van der Waals surface area contributed by atoms with Gasteiger partial charge in [0.15, 0.2) is 0 Å². The molecule has 2 atom stereocenters. The Morgan fingerprint density at radius 2 is 2.00 bits per heavy atom. The van der Waals surface area contributed by atoms with Gasteiger partial charge in [-0.25, -0.2) is 4.79 Å². The number of rotatable bonds is 7. The molecule has 0 saturated heterocycles. The van der Waals surface area contributed by atoms with Crippen molar-refractivity contribution in [3.63, 3.8) is 0 Å². The molecule has 1 aliphatic rings. The fourth-order valence-electron chi connectivity index (χ4n) is 2.85. The van der Waals surface area contributed by atoms with Gasteiger partial charge < -0.3 is 19.7 Å². The summed E-state index contributed by atoms with van der Waals surface area (Å²) in [6.07, 6.45) is 4.87. The topological polar surface area (TPSA) is 50.8 Å². The maximum Gasteiger partial charge on any atom is 0.410 e. The second-order valence-electron chi connectivity index (χ2n) is 7.38. The fraction of sp³-hybridized carbons (Fsp3) is 0.941. The first-order valence-electron chi connectivity index (χ1n) is 8.52. The molecule has 5 nitrogen and oxygen atoms in total. The van der Waals surface area contributed by atoms with Gasteiger partial charge in [-0.3, -0.25) is 0 Å². The number of hydrogen-bond acceptors (Lipinski definition) is 4. The van der Waals surface area contributed by atoms with Crippen LogP contribution in [0.1, 0.15) is 53.4 Å². The highest BCUT2D eigenvalue weighted by atomic mass is 16.6. The molecular weight excluding hydrogens is 280 g/mol. The molecule has 0 aromatic heterocycles. The summed E-state index contributed by atoms with van der Waals surface area (Å²) in [6, 6.07) is 0.590. The molecule has 0 aromatic carbocycles. The van der Waals surface area contributed by atoms with E-state index in [0.717, 1.165) is 12.5 Å². The van der Waals surface area contributed by atoms with Crippen LogP contribution in [0.4, 0.5) is 4.79 Å². The molecule has 1 rings (SSSR count). The molecule has 0 spiro atoms. The van der Waals surface area contributed by atoms with Crippen molar-refractivity contribution in [2.75, 3.05) is 33.4 Å². The van der Waals surface area contributed by atoms with E-state index in [0.29, 0.717) is 25.7 Å². The maximum atomic E-state index is 12.2. The number of amides is 1. The van der Waals surface area contributed by atoms with Gasteiger partial charge >= 0.3 is 6.09 Å². The third kappa shape index (κ3) is 7.99. The summed E-state index contributed by atoms with van der Waals surface area (Å²) in [5.74, 6) is 0.807. The van der Waals surface area contributed by atoms with Gasteiger partial charge in [0.2, 0.25) is 0 Å². The minimum atomic E-state index is -0.464. The SMILES string of the molecule is COCCN(CCNC1CCCC(C)C1)C(=O)OC(C)(C)C. The molecule has 1 N–H and O–H groups in total. The number of carbonyl (C=O) groups excluding carboxylic acids is 1. The molecule has 22 heavy (non-hydrogen) atoms. The van der Waals surface area contributed by atoms with Crippen LogP contribution in [0.25, 0.3) is 0 Å². The summed E-state index contributed by atoms with van der Waals surface area (Å²) >= 11 is 0. The highest BCUT2D eigenvalue weighted by molar-refractivity contribution is 5.68. The van der Waals surface area contributed by atoms with Crippen LogP contribution in [-0.4, -0.2) is 56.0 Å². The molecule has 0 radical (unpaired) electrons. The Morgan fingerprint density at radius 1 is 1.27 bits per heavy atom. The number of nitrogens with zero attached hydrogens (tertiary/aromatic N) is 1. The fourth-order valence-corrected chi connectivity index (χ4v) is 2.85. The Hall–Kier alpha value is -0.810. The zero-order valence-corrected chi connectivity index (χ0v) is 15.0. The molecular formula is C17H34N2O3. The van der Waals surface area contributed by atoms with Crippen molar-refractivity contribution in [3.05, 3.63) is 0 Å². The van der Waals surface area contributed by atoms with Gasteiger partial charge in [-0.1, -0.05) is 19.8 Å². The monoisotopic (exact) mass is 314 g/mol. The smallest absolute Gasteiger partial charge is 0.410 e. The van der Waals surface area contributed by atoms with Gasteiger partial charge in [0.1, 0.15) is 5.60 Å². The second kappa shape index (κ2) is 9.36. The van der Waals surface area contributed by atoms with Gasteiger partial charge in [0.05, 0.1) is 6.61 Å². The van der Waals surface area contributed by atoms with Crippen molar-refractivity contribution >= 4 is 6.09 Å². The van der Waals surface area contributed by atoms with E-state index < -0.39 is 5.60 Å². The summed E-state index contributed by atoms with van der Waals surface area (Å²) in [5, 5.41) is 3.59. The number of nitrogens with one attached hydrogen (secondary N) is 1. The van der Waals surface area contributed by atoms with E-state index in [1.54, 1.807) is 12.0 Å². The molecule has 130 valence electrons. The molecule has 1 aliphatic carbocycles. The molecule has 0 aromatic rings. The predicted molar refractivity (Wildman–Crippen MR) is 89.1 cm³/mol. The van der Waals surface area contributed by atoms with E-state index >= 15 is 0 Å². The van der Waals surface area contributed by atoms with Crippen molar-refractivity contribution < 1.29 is 14.3 Å². The van der Waals surface area contributed by atoms with Crippen LogP contribution < -0.4 is 5.32 Å². The number of ether oxygens (including phenoxy) is 2. The largest absolute Gasteiger partial charge is 0.444 e. The van der Waals surface area contributed by atoms with Crippen LogP contribution in [0.15, 0.2) is 0 Å². The number of hydrogen-bond donors (Lipinski definition) is 1. The van der Waals surface area contributed by atoms with Gasteiger partial charge in [0.25, 0.3) is 0 Å². The van der Waals surface area contributed by atoms with Crippen LogP contribution in [0.2, 0.25) is 0 Å². The van der Waals surface area contributed by atoms with Crippen LogP contribution in [0.5, 0.6) is 0 Å². The molecule has 0 bridgehead atoms. The minimum Gasteiger partial charge on any atom is -0.444 e. The number of carbonyl (C=O) groups is 1. The lowest BCUT2D eigenvalue weighted by atomic mass is 9.87. The standard InChI is InChI=1S/C17H34N2O3/c1-14-7-6-8-15(13-14)18-9-10-19(11-12-21-5)16(20)22-17(2,3)4/h14-15,18H,6-13H2,1-5H3. The summed E-state index contributed by atoms with van der Waals surface area (Å²) in [5.41, 5.74) is -0.464. The third-order valence-electron chi connectivity index (χ3n) is 3.97. The van der Waals surface area contributed by atoms with Crippen LogP contribution in [-0.2, 0) is 9.47 Å². The molecule has 1 amide bonds. The van der Waals surface area contributed by atoms with E-state index in [1.165, 1.54) is 25.7 Å². The van der Waals surface area contributed by atoms with Gasteiger partial charge in [-0.15, -0.1) is 0 Å². The minimum absolute atomic E-state index is 0.261. The van der Waals surface area contributed by atoms with E-state index in [-0.39, 0.29) is 6.09 Å². The molecule has 1 fully saturated rings. The quantitative estimate of drug-likeness (QED) is 0.785. The molecule has 0 heterocycles. The van der Waals surface area contributed by atoms with Gasteiger partial charge in [0, 0.05) is 32.8 Å². The third-order valence-corrected chi connectivity index (χ3v) is 3.97. The van der Waals surface area contributed by atoms with E-state index in [1.807, 2.05) is 20.8 Å². The zero-order chi connectivity index (χ0) is 16.6. The average molecular weight is 314 g/mol. The highest BCUT2D eigenvalue weighted by Gasteiger charge is 2.23. The Labute approximate surface area is 135 Å². The summed E-state index contributed by atoms with van der Waals surface area (Å²) < 4.78 is 10.6. The van der Waals surface area contributed by atoms with Crippen molar-refractivity contribution in [2.45, 2.75) is 65.0 Å². The van der Waals surface area contributed by atoms with Crippen LogP contribution >= 0.6 is 0 Å². The van der Waals surface area contributed by atoms with Crippen molar-refractivity contribution in [2.24, 2.45) is 5.92 Å². The Bertz CT molecular complexity index is 328. The Morgan fingerprint density at radius 3 is 2.59 bits per heavy atom. The first-order chi connectivity index (χ1) is 10.3. The van der Waals surface area contributed by atoms with Gasteiger partial charge in [-0.05, 0) is 39.5 Å². The lowest BCUT2D eigenvalue weighted by molar-refractivity contribution is 0.0202. The Kier molecular flexibility index (Phi) is 8.18. The van der Waals surface area contributed by atoms with E-state index in [4.69, 9.17) is 9.47 Å². The van der Waals surface area contributed by atoms with Crippen molar-refractivity contribution in [1.82, 2.24) is 10.2 Å². The summed E-state index contributed by atoms with van der Waals surface area (Å²) in [4.78, 5) is 13.9. The van der Waals surface area contributed by atoms with Crippen LogP contribution in [0, 0.1) is 5.92 Å². The Balaban J connectivity index is 2.38. The summed E-state index contributed by atoms with van der Waals surface area (Å²) in [6.45, 7) is 10.5. The van der Waals surface area contributed by atoms with Crippen molar-refractivity contribution in [1.29, 1.82) is 0 Å². The van der Waals surface area contributed by atoms with E-state index in [9.17, 15) is 4.79 Å². The first kappa shape index (κ1) is 19.2. The lowest BCUT2D eigenvalue weighted by Gasteiger charge is -2.30. The highest BCUT2D eigenvalue weighted by Crippen LogP contribution is 2.23. The van der Waals surface area contributed by atoms with E-state index in [2.05, 4.69) is 12.2 Å². The number of methoxy groups -OCH3 is 1.